The highest BCUT2D eigenvalue weighted by atomic mass is 16.5. The largest absolute Gasteiger partial charge is 0.378 e. The first-order valence-corrected chi connectivity index (χ1v) is 8.66. The maximum absolute atomic E-state index is 5.41. The van der Waals surface area contributed by atoms with Gasteiger partial charge in [0.15, 0.2) is 0 Å². The van der Waals surface area contributed by atoms with E-state index in [0.717, 1.165) is 32.1 Å². The summed E-state index contributed by atoms with van der Waals surface area (Å²) >= 11 is 0. The van der Waals surface area contributed by atoms with Crippen LogP contribution in [0.15, 0.2) is 36.5 Å². The Morgan fingerprint density at radius 3 is 2.76 bits per heavy atom. The molecule has 1 aromatic carbocycles. The second-order valence-corrected chi connectivity index (χ2v) is 6.34. The van der Waals surface area contributed by atoms with Crippen molar-refractivity contribution < 1.29 is 4.74 Å². The predicted octanol–water partition coefficient (Wildman–Crippen LogP) is 2.73. The fourth-order valence-electron chi connectivity index (χ4n) is 3.45. The van der Waals surface area contributed by atoms with Crippen molar-refractivity contribution >= 4 is 22.7 Å². The van der Waals surface area contributed by atoms with E-state index in [1.165, 1.54) is 22.2 Å². The Labute approximate surface area is 147 Å². The van der Waals surface area contributed by atoms with Gasteiger partial charge in [-0.25, -0.2) is 4.98 Å². The van der Waals surface area contributed by atoms with E-state index in [2.05, 4.69) is 63.0 Å². The summed E-state index contributed by atoms with van der Waals surface area (Å²) in [6.45, 7) is 6.12. The third-order valence-electron chi connectivity index (χ3n) is 4.90. The van der Waals surface area contributed by atoms with Crippen molar-refractivity contribution in [1.82, 2.24) is 14.5 Å². The molecule has 130 valence electrons. The molecule has 0 aliphatic carbocycles. The van der Waals surface area contributed by atoms with E-state index in [1.807, 2.05) is 12.3 Å². The highest BCUT2D eigenvalue weighted by Gasteiger charge is 2.14. The van der Waals surface area contributed by atoms with Gasteiger partial charge >= 0.3 is 0 Å². The van der Waals surface area contributed by atoms with Gasteiger partial charge in [0.25, 0.3) is 0 Å². The summed E-state index contributed by atoms with van der Waals surface area (Å²) in [5, 5.41) is 4.68. The molecule has 1 aliphatic rings. The van der Waals surface area contributed by atoms with Gasteiger partial charge in [0.2, 0.25) is 5.95 Å². The van der Waals surface area contributed by atoms with Gasteiger partial charge in [-0.3, -0.25) is 0 Å². The third kappa shape index (κ3) is 3.05. The number of ether oxygens (including phenoxy) is 1. The van der Waals surface area contributed by atoms with Crippen LogP contribution in [0.1, 0.15) is 11.3 Å². The number of morpholine rings is 1. The lowest BCUT2D eigenvalue weighted by atomic mass is 10.1. The molecule has 1 fully saturated rings. The first kappa shape index (κ1) is 15.9. The standard InChI is InChI=1S/C19H23N5O/c1-14-15-5-3-4-6-16(15)23(2)17(14)13-21-19-20-8-7-18(22-19)24-9-11-25-12-10-24/h3-8H,9-13H2,1-2H3,(H,20,21,22). The summed E-state index contributed by atoms with van der Waals surface area (Å²) in [5.74, 6) is 1.61. The lowest BCUT2D eigenvalue weighted by Gasteiger charge is -2.27. The fraction of sp³-hybridized carbons (Fsp3) is 0.368. The molecule has 0 atom stereocenters. The normalized spacial score (nSPS) is 14.9. The van der Waals surface area contributed by atoms with Crippen molar-refractivity contribution in [2.75, 3.05) is 36.5 Å². The smallest absolute Gasteiger partial charge is 0.224 e. The highest BCUT2D eigenvalue weighted by Crippen LogP contribution is 2.25. The average Bonchev–Trinajstić information content (AvgIpc) is 2.92. The minimum absolute atomic E-state index is 0.661. The van der Waals surface area contributed by atoms with E-state index >= 15 is 0 Å². The number of hydrogen-bond acceptors (Lipinski definition) is 5. The van der Waals surface area contributed by atoms with Crippen molar-refractivity contribution in [1.29, 1.82) is 0 Å². The van der Waals surface area contributed by atoms with Gasteiger partial charge < -0.3 is 19.5 Å². The van der Waals surface area contributed by atoms with Crippen LogP contribution in [0.5, 0.6) is 0 Å². The van der Waals surface area contributed by atoms with Crippen LogP contribution < -0.4 is 10.2 Å². The summed E-state index contributed by atoms with van der Waals surface area (Å²) in [5.41, 5.74) is 3.80. The van der Waals surface area contributed by atoms with Crippen LogP contribution in [-0.2, 0) is 18.3 Å². The number of hydrogen-bond donors (Lipinski definition) is 1. The van der Waals surface area contributed by atoms with E-state index in [9.17, 15) is 0 Å². The molecule has 0 unspecified atom stereocenters. The van der Waals surface area contributed by atoms with Gasteiger partial charge in [-0.05, 0) is 24.6 Å². The van der Waals surface area contributed by atoms with Gasteiger partial charge in [0, 0.05) is 42.9 Å². The van der Waals surface area contributed by atoms with Crippen molar-refractivity contribution in [3.05, 3.63) is 47.8 Å². The van der Waals surface area contributed by atoms with Crippen molar-refractivity contribution in [3.63, 3.8) is 0 Å². The zero-order valence-corrected chi connectivity index (χ0v) is 14.7. The van der Waals surface area contributed by atoms with Crippen molar-refractivity contribution in [2.45, 2.75) is 13.5 Å². The molecule has 1 N–H and O–H groups in total. The van der Waals surface area contributed by atoms with E-state index < -0.39 is 0 Å². The topological polar surface area (TPSA) is 55.2 Å². The molecule has 3 aromatic rings. The van der Waals surface area contributed by atoms with Crippen molar-refractivity contribution in [3.8, 4) is 0 Å². The lowest BCUT2D eigenvalue weighted by Crippen LogP contribution is -2.36. The summed E-state index contributed by atoms with van der Waals surface area (Å²) < 4.78 is 7.65. The van der Waals surface area contributed by atoms with E-state index in [1.54, 1.807) is 0 Å². The zero-order chi connectivity index (χ0) is 17.2. The average molecular weight is 337 g/mol. The van der Waals surface area contributed by atoms with Crippen molar-refractivity contribution in [2.24, 2.45) is 7.05 Å². The number of fused-ring (bicyclic) bond motifs is 1. The van der Waals surface area contributed by atoms with Crippen LogP contribution in [0.25, 0.3) is 10.9 Å². The van der Waals surface area contributed by atoms with Gasteiger partial charge in [-0.2, -0.15) is 4.98 Å². The third-order valence-corrected chi connectivity index (χ3v) is 4.90. The number of nitrogens with one attached hydrogen (secondary N) is 1. The van der Waals surface area contributed by atoms with E-state index in [4.69, 9.17) is 4.74 Å². The van der Waals surface area contributed by atoms with Gasteiger partial charge in [0.1, 0.15) is 5.82 Å². The summed E-state index contributed by atoms with van der Waals surface area (Å²) in [6.07, 6.45) is 1.81. The summed E-state index contributed by atoms with van der Waals surface area (Å²) in [6, 6.07) is 10.4. The molecule has 25 heavy (non-hydrogen) atoms. The number of aromatic nitrogens is 3. The molecule has 1 aliphatic heterocycles. The second-order valence-electron chi connectivity index (χ2n) is 6.34. The molecule has 0 bridgehead atoms. The Hall–Kier alpha value is -2.60. The number of benzene rings is 1. The molecule has 0 radical (unpaired) electrons. The number of nitrogens with zero attached hydrogens (tertiary/aromatic N) is 4. The summed E-state index contributed by atoms with van der Waals surface area (Å²) in [4.78, 5) is 11.3. The Kier molecular flexibility index (Phi) is 4.28. The van der Waals surface area contributed by atoms with Crippen LogP contribution in [-0.4, -0.2) is 40.8 Å². The Morgan fingerprint density at radius 2 is 1.96 bits per heavy atom. The number of para-hydroxylation sites is 1. The van der Waals surface area contributed by atoms with Gasteiger partial charge in [-0.1, -0.05) is 18.2 Å². The molecule has 2 aromatic heterocycles. The zero-order valence-electron chi connectivity index (χ0n) is 14.7. The van der Waals surface area contributed by atoms with E-state index in [0.29, 0.717) is 12.5 Å². The maximum atomic E-state index is 5.41. The minimum Gasteiger partial charge on any atom is -0.378 e. The molecular weight excluding hydrogens is 314 g/mol. The monoisotopic (exact) mass is 337 g/mol. The van der Waals surface area contributed by atoms with Gasteiger partial charge in [0.05, 0.1) is 19.8 Å². The predicted molar refractivity (Wildman–Crippen MR) is 100 cm³/mol. The lowest BCUT2D eigenvalue weighted by molar-refractivity contribution is 0.122. The van der Waals surface area contributed by atoms with Crippen LogP contribution in [0.3, 0.4) is 0 Å². The van der Waals surface area contributed by atoms with Gasteiger partial charge in [-0.15, -0.1) is 0 Å². The Morgan fingerprint density at radius 1 is 1.16 bits per heavy atom. The molecule has 1 saturated heterocycles. The van der Waals surface area contributed by atoms with Crippen LogP contribution in [0.4, 0.5) is 11.8 Å². The molecule has 6 nitrogen and oxygen atoms in total. The molecular formula is C19H23N5O. The minimum atomic E-state index is 0.661. The van der Waals surface area contributed by atoms with E-state index in [-0.39, 0.29) is 0 Å². The Balaban J connectivity index is 1.54. The second kappa shape index (κ2) is 6.72. The SMILES string of the molecule is Cc1c(CNc2nccc(N3CCOCC3)n2)n(C)c2ccccc12. The molecule has 6 heteroatoms. The van der Waals surface area contributed by atoms with Crippen LogP contribution >= 0.6 is 0 Å². The Bertz CT molecular complexity index is 844. The summed E-state index contributed by atoms with van der Waals surface area (Å²) in [7, 11) is 2.11. The molecule has 3 heterocycles. The molecule has 0 saturated carbocycles. The number of anilines is 2. The van der Waals surface area contributed by atoms with Crippen LogP contribution in [0.2, 0.25) is 0 Å². The number of rotatable bonds is 4. The first-order chi connectivity index (χ1) is 12.2. The number of aryl methyl sites for hydroxylation is 2. The highest BCUT2D eigenvalue weighted by molar-refractivity contribution is 5.85. The maximum Gasteiger partial charge on any atom is 0.224 e. The fourth-order valence-corrected chi connectivity index (χ4v) is 3.45. The van der Waals surface area contributed by atoms with Crippen LogP contribution in [0, 0.1) is 6.92 Å². The molecule has 4 rings (SSSR count). The quantitative estimate of drug-likeness (QED) is 0.793. The molecule has 0 spiro atoms. The first-order valence-electron chi connectivity index (χ1n) is 8.66. The molecule has 0 amide bonds.